The number of hydrogen-bond acceptors (Lipinski definition) is 4. The van der Waals surface area contributed by atoms with E-state index in [1.54, 1.807) is 17.5 Å². The molecule has 0 aliphatic carbocycles. The van der Waals surface area contributed by atoms with Gasteiger partial charge in [0.1, 0.15) is 10.8 Å². The van der Waals surface area contributed by atoms with Crippen LogP contribution in [0.2, 0.25) is 0 Å². The SMILES string of the molecule is Cc1ccccc1OCC(=O)N1CCCC[C@H]1c1nccs1. The van der Waals surface area contributed by atoms with E-state index in [4.69, 9.17) is 4.74 Å². The second-order valence-corrected chi connectivity index (χ2v) is 6.45. The van der Waals surface area contributed by atoms with Crippen molar-refractivity contribution in [3.63, 3.8) is 0 Å². The number of aromatic nitrogens is 1. The summed E-state index contributed by atoms with van der Waals surface area (Å²) in [6.07, 6.45) is 5.00. The third kappa shape index (κ3) is 3.30. The van der Waals surface area contributed by atoms with E-state index < -0.39 is 0 Å². The summed E-state index contributed by atoms with van der Waals surface area (Å²) in [4.78, 5) is 18.9. The minimum atomic E-state index is 0.0446. The number of aryl methyl sites for hydroxylation is 1. The average molecular weight is 316 g/mol. The molecule has 0 saturated carbocycles. The molecule has 1 amide bonds. The fraction of sp³-hybridized carbons (Fsp3) is 0.412. The van der Waals surface area contributed by atoms with Gasteiger partial charge in [-0.3, -0.25) is 4.79 Å². The Hall–Kier alpha value is -1.88. The number of thiazole rings is 1. The summed E-state index contributed by atoms with van der Waals surface area (Å²) in [5, 5.41) is 3.00. The van der Waals surface area contributed by atoms with E-state index in [1.807, 2.05) is 41.5 Å². The van der Waals surface area contributed by atoms with Crippen molar-refractivity contribution in [2.24, 2.45) is 0 Å². The molecule has 1 fully saturated rings. The standard InChI is InChI=1S/C17H20N2O2S/c1-13-6-2-3-8-15(13)21-12-16(20)19-10-5-4-7-14(19)17-18-9-11-22-17/h2-3,6,8-9,11,14H,4-5,7,10,12H2,1H3/t14-/m0/s1. The number of amides is 1. The van der Waals surface area contributed by atoms with E-state index in [0.29, 0.717) is 0 Å². The van der Waals surface area contributed by atoms with Crippen LogP contribution in [-0.4, -0.2) is 28.9 Å². The predicted octanol–water partition coefficient (Wildman–Crippen LogP) is 3.58. The molecule has 1 atom stereocenters. The van der Waals surface area contributed by atoms with Crippen LogP contribution in [0.4, 0.5) is 0 Å². The minimum absolute atomic E-state index is 0.0446. The lowest BCUT2D eigenvalue weighted by Crippen LogP contribution is -2.41. The Morgan fingerprint density at radius 3 is 3.05 bits per heavy atom. The summed E-state index contributed by atoms with van der Waals surface area (Å²) >= 11 is 1.62. The molecule has 1 aliphatic rings. The molecule has 1 aromatic heterocycles. The zero-order valence-corrected chi connectivity index (χ0v) is 13.5. The van der Waals surface area contributed by atoms with E-state index in [9.17, 15) is 4.79 Å². The molecule has 1 saturated heterocycles. The number of benzene rings is 1. The van der Waals surface area contributed by atoms with Gasteiger partial charge in [0.25, 0.3) is 5.91 Å². The maximum Gasteiger partial charge on any atom is 0.261 e. The van der Waals surface area contributed by atoms with Gasteiger partial charge in [0.2, 0.25) is 0 Å². The van der Waals surface area contributed by atoms with Crippen LogP contribution in [-0.2, 0) is 4.79 Å². The van der Waals surface area contributed by atoms with Gasteiger partial charge >= 0.3 is 0 Å². The Bertz CT molecular complexity index is 627. The number of carbonyl (C=O) groups is 1. The van der Waals surface area contributed by atoms with Crippen molar-refractivity contribution < 1.29 is 9.53 Å². The Balaban J connectivity index is 1.66. The molecule has 22 heavy (non-hydrogen) atoms. The number of likely N-dealkylation sites (tertiary alicyclic amines) is 1. The first-order valence-corrected chi connectivity index (χ1v) is 8.51. The molecule has 0 unspecified atom stereocenters. The molecule has 0 spiro atoms. The van der Waals surface area contributed by atoms with Gasteiger partial charge in [0, 0.05) is 18.1 Å². The summed E-state index contributed by atoms with van der Waals surface area (Å²) in [6, 6.07) is 7.89. The first kappa shape index (κ1) is 15.0. The fourth-order valence-electron chi connectivity index (χ4n) is 2.83. The largest absolute Gasteiger partial charge is 0.484 e. The molecule has 1 aliphatic heterocycles. The van der Waals surface area contributed by atoms with Gasteiger partial charge in [0.15, 0.2) is 6.61 Å². The van der Waals surface area contributed by atoms with Crippen LogP contribution in [0.3, 0.4) is 0 Å². The second-order valence-electron chi connectivity index (χ2n) is 5.52. The number of nitrogens with zero attached hydrogens (tertiary/aromatic N) is 2. The highest BCUT2D eigenvalue weighted by atomic mass is 32.1. The monoisotopic (exact) mass is 316 g/mol. The maximum atomic E-state index is 12.6. The maximum absolute atomic E-state index is 12.6. The number of hydrogen-bond donors (Lipinski definition) is 0. The highest BCUT2D eigenvalue weighted by Gasteiger charge is 2.29. The number of carbonyl (C=O) groups excluding carboxylic acids is 1. The van der Waals surface area contributed by atoms with Crippen LogP contribution in [0.25, 0.3) is 0 Å². The number of ether oxygens (including phenoxy) is 1. The van der Waals surface area contributed by atoms with Crippen LogP contribution in [0.5, 0.6) is 5.75 Å². The van der Waals surface area contributed by atoms with E-state index in [-0.39, 0.29) is 18.6 Å². The smallest absolute Gasteiger partial charge is 0.261 e. The number of rotatable bonds is 4. The Kier molecular flexibility index (Phi) is 4.73. The van der Waals surface area contributed by atoms with Crippen LogP contribution in [0.15, 0.2) is 35.8 Å². The van der Waals surface area contributed by atoms with Gasteiger partial charge in [-0.15, -0.1) is 11.3 Å². The Morgan fingerprint density at radius 2 is 2.27 bits per heavy atom. The molecule has 4 nitrogen and oxygen atoms in total. The first-order chi connectivity index (χ1) is 10.8. The third-order valence-electron chi connectivity index (χ3n) is 4.00. The summed E-state index contributed by atoms with van der Waals surface area (Å²) in [5.41, 5.74) is 1.05. The Morgan fingerprint density at radius 1 is 1.41 bits per heavy atom. The zero-order valence-electron chi connectivity index (χ0n) is 12.7. The summed E-state index contributed by atoms with van der Waals surface area (Å²) in [6.45, 7) is 2.87. The molecule has 2 heterocycles. The quantitative estimate of drug-likeness (QED) is 0.866. The van der Waals surface area contributed by atoms with Gasteiger partial charge in [-0.2, -0.15) is 0 Å². The van der Waals surface area contributed by atoms with E-state index in [1.165, 1.54) is 0 Å². The van der Waals surface area contributed by atoms with Crippen molar-refractivity contribution in [1.82, 2.24) is 9.88 Å². The van der Waals surface area contributed by atoms with E-state index in [0.717, 1.165) is 42.1 Å². The molecule has 116 valence electrons. The summed E-state index contributed by atoms with van der Waals surface area (Å²) in [5.74, 6) is 0.821. The van der Waals surface area contributed by atoms with E-state index in [2.05, 4.69) is 4.98 Å². The van der Waals surface area contributed by atoms with Crippen LogP contribution in [0, 0.1) is 6.92 Å². The molecule has 0 N–H and O–H groups in total. The average Bonchev–Trinajstić information content (AvgIpc) is 3.08. The van der Waals surface area contributed by atoms with Crippen molar-refractivity contribution in [1.29, 1.82) is 0 Å². The van der Waals surface area contributed by atoms with Gasteiger partial charge in [-0.25, -0.2) is 4.98 Å². The number of piperidine rings is 1. The van der Waals surface area contributed by atoms with Crippen LogP contribution < -0.4 is 4.74 Å². The van der Waals surface area contributed by atoms with Gasteiger partial charge in [-0.05, 0) is 37.8 Å². The minimum Gasteiger partial charge on any atom is -0.484 e. The molecule has 0 bridgehead atoms. The fourth-order valence-corrected chi connectivity index (χ4v) is 3.61. The van der Waals surface area contributed by atoms with Crippen molar-refractivity contribution in [3.8, 4) is 5.75 Å². The van der Waals surface area contributed by atoms with Crippen LogP contribution >= 0.6 is 11.3 Å². The molecular formula is C17H20N2O2S. The van der Waals surface area contributed by atoms with E-state index >= 15 is 0 Å². The number of para-hydroxylation sites is 1. The molecule has 5 heteroatoms. The van der Waals surface area contributed by atoms with Crippen molar-refractivity contribution >= 4 is 17.2 Å². The lowest BCUT2D eigenvalue weighted by Gasteiger charge is -2.34. The molecule has 2 aromatic rings. The highest BCUT2D eigenvalue weighted by molar-refractivity contribution is 7.09. The second kappa shape index (κ2) is 6.92. The molecule has 0 radical (unpaired) electrons. The van der Waals surface area contributed by atoms with Crippen LogP contribution in [0.1, 0.15) is 35.9 Å². The third-order valence-corrected chi connectivity index (χ3v) is 4.88. The highest BCUT2D eigenvalue weighted by Crippen LogP contribution is 2.32. The van der Waals surface area contributed by atoms with Crippen molar-refractivity contribution in [2.45, 2.75) is 32.2 Å². The molecule has 1 aromatic carbocycles. The van der Waals surface area contributed by atoms with Gasteiger partial charge < -0.3 is 9.64 Å². The normalized spacial score (nSPS) is 18.2. The Labute approximate surface area is 134 Å². The predicted molar refractivity (Wildman–Crippen MR) is 87.1 cm³/mol. The summed E-state index contributed by atoms with van der Waals surface area (Å²) in [7, 11) is 0. The van der Waals surface area contributed by atoms with Crippen molar-refractivity contribution in [2.75, 3.05) is 13.2 Å². The van der Waals surface area contributed by atoms with Gasteiger partial charge in [0.05, 0.1) is 6.04 Å². The van der Waals surface area contributed by atoms with Gasteiger partial charge in [-0.1, -0.05) is 18.2 Å². The molecular weight excluding hydrogens is 296 g/mol. The lowest BCUT2D eigenvalue weighted by atomic mass is 10.0. The lowest BCUT2D eigenvalue weighted by molar-refractivity contribution is -0.137. The topological polar surface area (TPSA) is 42.4 Å². The van der Waals surface area contributed by atoms with Crippen molar-refractivity contribution in [3.05, 3.63) is 46.4 Å². The molecule has 3 rings (SSSR count). The first-order valence-electron chi connectivity index (χ1n) is 7.63. The summed E-state index contributed by atoms with van der Waals surface area (Å²) < 4.78 is 5.71. The zero-order chi connectivity index (χ0) is 15.4.